The second-order valence-electron chi connectivity index (χ2n) is 3.14. The molecule has 1 amide bonds. The summed E-state index contributed by atoms with van der Waals surface area (Å²) >= 11 is 5.51. The van der Waals surface area contributed by atoms with Gasteiger partial charge in [-0.1, -0.05) is 15.9 Å². The van der Waals surface area contributed by atoms with Crippen molar-refractivity contribution < 1.29 is 9.53 Å². The van der Waals surface area contributed by atoms with E-state index in [0.29, 0.717) is 5.75 Å². The van der Waals surface area contributed by atoms with Crippen molar-refractivity contribution in [3.63, 3.8) is 0 Å². The fourth-order valence-corrected chi connectivity index (χ4v) is 2.95. The summed E-state index contributed by atoms with van der Waals surface area (Å²) in [6, 6.07) is 5.47. The van der Waals surface area contributed by atoms with E-state index < -0.39 is 5.91 Å². The van der Waals surface area contributed by atoms with Gasteiger partial charge in [-0.2, -0.15) is 10.4 Å². The van der Waals surface area contributed by atoms with Gasteiger partial charge < -0.3 is 4.74 Å². The third-order valence-corrected chi connectivity index (χ3v) is 3.13. The van der Waals surface area contributed by atoms with Crippen LogP contribution in [0.3, 0.4) is 0 Å². The van der Waals surface area contributed by atoms with Crippen LogP contribution in [-0.4, -0.2) is 19.2 Å². The van der Waals surface area contributed by atoms with Crippen LogP contribution in [0.2, 0.25) is 0 Å². The van der Waals surface area contributed by atoms with E-state index >= 15 is 0 Å². The average Bonchev–Trinajstić information content (AvgIpc) is 2.28. The van der Waals surface area contributed by atoms with E-state index in [0.717, 1.165) is 13.6 Å². The van der Waals surface area contributed by atoms with E-state index in [2.05, 4.69) is 49.0 Å². The molecule has 0 aliphatic carbocycles. The quantitative estimate of drug-likeness (QED) is 0.461. The lowest BCUT2D eigenvalue weighted by atomic mass is 10.2. The number of methoxy groups -OCH3 is 1. The monoisotopic (exact) mass is 421 g/mol. The molecule has 0 unspecified atom stereocenters. The number of benzene rings is 1. The van der Waals surface area contributed by atoms with Crippen LogP contribution in [0.4, 0.5) is 0 Å². The number of ether oxygens (including phenoxy) is 1. The zero-order valence-electron chi connectivity index (χ0n) is 9.41. The van der Waals surface area contributed by atoms with Gasteiger partial charge >= 0.3 is 0 Å². The molecule has 7 heteroatoms. The predicted molar refractivity (Wildman–Crippen MR) is 79.4 cm³/mol. The van der Waals surface area contributed by atoms with Gasteiger partial charge in [0.2, 0.25) is 0 Å². The maximum atomic E-state index is 11.0. The number of amides is 1. The Labute approximate surface area is 126 Å². The number of nitrogens with one attached hydrogen (secondary N) is 1. The van der Waals surface area contributed by atoms with Gasteiger partial charge in [-0.3, -0.25) is 4.79 Å². The summed E-state index contributed by atoms with van der Waals surface area (Å²) in [6.07, 6.45) is 1.26. The summed E-state index contributed by atoms with van der Waals surface area (Å²) in [6.45, 7) is 0. The molecular weight excluding hydrogens is 413 g/mol. The molecule has 0 saturated carbocycles. The van der Waals surface area contributed by atoms with E-state index in [1.165, 1.54) is 6.21 Å². The van der Waals surface area contributed by atoms with E-state index in [9.17, 15) is 4.79 Å². The molecular formula is C11H9BrIN3O2. The number of halogens is 2. The first-order valence-electron chi connectivity index (χ1n) is 4.80. The molecule has 0 radical (unpaired) electrons. The third-order valence-electron chi connectivity index (χ3n) is 1.87. The minimum atomic E-state index is -0.447. The normalized spacial score (nSPS) is 10.1. The maximum Gasteiger partial charge on any atom is 0.254 e. The van der Waals surface area contributed by atoms with Crippen molar-refractivity contribution in [3.05, 3.63) is 25.7 Å². The molecule has 1 rings (SSSR count). The highest BCUT2D eigenvalue weighted by atomic mass is 127. The molecule has 0 aliphatic heterocycles. The summed E-state index contributed by atoms with van der Waals surface area (Å²) in [4.78, 5) is 11.0. The summed E-state index contributed by atoms with van der Waals surface area (Å²) < 4.78 is 7.06. The Morgan fingerprint density at radius 2 is 2.44 bits per heavy atom. The molecule has 0 fully saturated rings. The van der Waals surface area contributed by atoms with Crippen molar-refractivity contribution in [2.45, 2.75) is 6.42 Å². The topological polar surface area (TPSA) is 74.5 Å². The molecule has 5 nitrogen and oxygen atoms in total. The highest BCUT2D eigenvalue weighted by Gasteiger charge is 2.07. The predicted octanol–water partition coefficient (Wildman–Crippen LogP) is 2.43. The number of hydrazone groups is 1. The fraction of sp³-hybridized carbons (Fsp3) is 0.182. The van der Waals surface area contributed by atoms with Crippen LogP contribution < -0.4 is 10.2 Å². The minimum absolute atomic E-state index is 0.218. The summed E-state index contributed by atoms with van der Waals surface area (Å²) in [5.74, 6) is 0.231. The molecule has 0 aliphatic rings. The lowest BCUT2D eigenvalue weighted by molar-refractivity contribution is -0.120. The van der Waals surface area contributed by atoms with Crippen LogP contribution in [0.25, 0.3) is 0 Å². The Morgan fingerprint density at radius 1 is 1.72 bits per heavy atom. The van der Waals surface area contributed by atoms with Gasteiger partial charge in [0.15, 0.2) is 0 Å². The summed E-state index contributed by atoms with van der Waals surface area (Å²) in [5, 5.41) is 12.1. The SMILES string of the molecule is COc1c(I)cc(Br)cc1/C=N\NC(=O)CC#N. The van der Waals surface area contributed by atoms with Crippen molar-refractivity contribution in [1.29, 1.82) is 5.26 Å². The van der Waals surface area contributed by atoms with Crippen molar-refractivity contribution in [2.75, 3.05) is 7.11 Å². The van der Waals surface area contributed by atoms with E-state index in [1.807, 2.05) is 12.1 Å². The zero-order valence-corrected chi connectivity index (χ0v) is 13.1. The van der Waals surface area contributed by atoms with Gasteiger partial charge in [-0.25, -0.2) is 5.43 Å². The molecule has 0 spiro atoms. The molecule has 0 aromatic heterocycles. The Balaban J connectivity index is 2.87. The third kappa shape index (κ3) is 4.27. The van der Waals surface area contributed by atoms with Gasteiger partial charge in [0.1, 0.15) is 12.2 Å². The lowest BCUT2D eigenvalue weighted by Crippen LogP contribution is -2.16. The number of hydrogen-bond donors (Lipinski definition) is 1. The van der Waals surface area contributed by atoms with Crippen molar-refractivity contribution >= 4 is 50.6 Å². The maximum absolute atomic E-state index is 11.0. The molecule has 1 aromatic rings. The molecule has 1 aromatic carbocycles. The number of rotatable bonds is 4. The molecule has 0 atom stereocenters. The Hall–Kier alpha value is -1.14. The van der Waals surface area contributed by atoms with Gasteiger partial charge in [0.05, 0.1) is 23.0 Å². The van der Waals surface area contributed by atoms with Gasteiger partial charge in [-0.15, -0.1) is 0 Å². The number of hydrogen-bond acceptors (Lipinski definition) is 4. The molecule has 0 bridgehead atoms. The number of carbonyl (C=O) groups excluding carboxylic acids is 1. The highest BCUT2D eigenvalue weighted by molar-refractivity contribution is 14.1. The molecule has 0 heterocycles. The van der Waals surface area contributed by atoms with Gasteiger partial charge in [0, 0.05) is 10.0 Å². The molecule has 1 N–H and O–H groups in total. The Morgan fingerprint density at radius 3 is 3.06 bits per heavy atom. The molecule has 0 saturated heterocycles. The average molecular weight is 422 g/mol. The number of nitrogens with zero attached hydrogens (tertiary/aromatic N) is 2. The van der Waals surface area contributed by atoms with Crippen LogP contribution in [0, 0.1) is 14.9 Å². The van der Waals surface area contributed by atoms with Crippen molar-refractivity contribution in [1.82, 2.24) is 5.43 Å². The van der Waals surface area contributed by atoms with Gasteiger partial charge in [0.25, 0.3) is 5.91 Å². The summed E-state index contributed by atoms with van der Waals surface area (Å²) in [5.41, 5.74) is 2.99. The van der Waals surface area contributed by atoms with E-state index in [-0.39, 0.29) is 6.42 Å². The van der Waals surface area contributed by atoms with Crippen LogP contribution >= 0.6 is 38.5 Å². The molecule has 94 valence electrons. The van der Waals surface area contributed by atoms with Crippen molar-refractivity contribution in [3.8, 4) is 11.8 Å². The van der Waals surface area contributed by atoms with Crippen LogP contribution in [0.15, 0.2) is 21.7 Å². The smallest absolute Gasteiger partial charge is 0.254 e. The van der Waals surface area contributed by atoms with Crippen LogP contribution in [0.5, 0.6) is 5.75 Å². The van der Waals surface area contributed by atoms with E-state index in [4.69, 9.17) is 10.00 Å². The summed E-state index contributed by atoms with van der Waals surface area (Å²) in [7, 11) is 1.57. The van der Waals surface area contributed by atoms with Crippen LogP contribution in [0.1, 0.15) is 12.0 Å². The zero-order chi connectivity index (χ0) is 13.5. The Kier molecular flexibility index (Phi) is 6.07. The first-order chi connectivity index (χ1) is 8.58. The highest BCUT2D eigenvalue weighted by Crippen LogP contribution is 2.28. The Bertz CT molecular complexity index is 526. The standard InChI is InChI=1S/C11H9BrIN3O2/c1-18-11-7(4-8(12)5-9(11)13)6-15-16-10(17)2-3-14/h4-6H,2H2,1H3,(H,16,17)/b15-6-. The first kappa shape index (κ1) is 14.9. The minimum Gasteiger partial charge on any atom is -0.495 e. The first-order valence-corrected chi connectivity index (χ1v) is 6.67. The fourth-order valence-electron chi connectivity index (χ4n) is 1.18. The largest absolute Gasteiger partial charge is 0.495 e. The lowest BCUT2D eigenvalue weighted by Gasteiger charge is -2.07. The van der Waals surface area contributed by atoms with E-state index in [1.54, 1.807) is 13.2 Å². The number of carbonyl (C=O) groups is 1. The van der Waals surface area contributed by atoms with Crippen molar-refractivity contribution in [2.24, 2.45) is 5.10 Å². The molecule has 18 heavy (non-hydrogen) atoms. The second kappa shape index (κ2) is 7.33. The van der Waals surface area contributed by atoms with Crippen LogP contribution in [-0.2, 0) is 4.79 Å². The van der Waals surface area contributed by atoms with Gasteiger partial charge in [-0.05, 0) is 34.7 Å². The second-order valence-corrected chi connectivity index (χ2v) is 5.22. The number of nitriles is 1.